The van der Waals surface area contributed by atoms with Crippen LogP contribution in [0, 0.1) is 12.8 Å². The van der Waals surface area contributed by atoms with Crippen LogP contribution in [0.25, 0.3) is 0 Å². The van der Waals surface area contributed by atoms with E-state index in [-0.39, 0.29) is 11.5 Å². The number of carbonyl (C=O) groups is 3. The van der Waals surface area contributed by atoms with Gasteiger partial charge >= 0.3 is 0 Å². The van der Waals surface area contributed by atoms with Crippen molar-refractivity contribution in [2.24, 2.45) is 11.0 Å². The van der Waals surface area contributed by atoms with Gasteiger partial charge in [-0.1, -0.05) is 35.3 Å². The molecule has 0 saturated carbocycles. The molecule has 2 aromatic rings. The Morgan fingerprint density at radius 1 is 1.07 bits per heavy atom. The molecule has 1 saturated heterocycles. The van der Waals surface area contributed by atoms with Crippen molar-refractivity contribution in [3.05, 3.63) is 58.1 Å². The SMILES string of the molecule is CC(=O)C1=NN(c2cccc(Cl)c2)[C@H]2C(=O)N(c3cccc(Cl)c3C)C(=O)[C@@H]12. The van der Waals surface area contributed by atoms with E-state index in [9.17, 15) is 14.4 Å². The summed E-state index contributed by atoms with van der Waals surface area (Å²) in [7, 11) is 0. The topological polar surface area (TPSA) is 70.1 Å². The first-order valence-corrected chi connectivity index (χ1v) is 9.34. The number of hydrazone groups is 1. The smallest absolute Gasteiger partial charge is 0.259 e. The maximum Gasteiger partial charge on any atom is 0.259 e. The minimum Gasteiger partial charge on any atom is -0.293 e. The summed E-state index contributed by atoms with van der Waals surface area (Å²) in [6, 6.07) is 10.8. The molecule has 0 radical (unpaired) electrons. The van der Waals surface area contributed by atoms with Gasteiger partial charge in [-0.15, -0.1) is 0 Å². The number of hydrogen-bond donors (Lipinski definition) is 0. The molecule has 0 aliphatic carbocycles. The Hall–Kier alpha value is -2.70. The lowest BCUT2D eigenvalue weighted by molar-refractivity contribution is -0.122. The second kappa shape index (κ2) is 6.72. The largest absolute Gasteiger partial charge is 0.293 e. The van der Waals surface area contributed by atoms with Crippen molar-refractivity contribution in [1.82, 2.24) is 0 Å². The van der Waals surface area contributed by atoms with E-state index in [2.05, 4.69) is 5.10 Å². The maximum atomic E-state index is 13.3. The summed E-state index contributed by atoms with van der Waals surface area (Å²) in [4.78, 5) is 39.8. The minimum atomic E-state index is -0.970. The lowest BCUT2D eigenvalue weighted by Gasteiger charge is -2.23. The highest BCUT2D eigenvalue weighted by Crippen LogP contribution is 2.40. The highest BCUT2D eigenvalue weighted by molar-refractivity contribution is 6.49. The molecule has 6 nitrogen and oxygen atoms in total. The third kappa shape index (κ3) is 2.72. The summed E-state index contributed by atoms with van der Waals surface area (Å²) in [6.45, 7) is 3.07. The third-order valence-electron chi connectivity index (χ3n) is 4.96. The molecule has 2 aromatic carbocycles. The molecule has 2 atom stereocenters. The normalized spacial score (nSPS) is 21.2. The van der Waals surface area contributed by atoms with Crippen LogP contribution in [0.3, 0.4) is 0 Å². The molecule has 0 spiro atoms. The molecule has 142 valence electrons. The number of amides is 2. The number of benzene rings is 2. The number of ketones is 1. The molecule has 8 heteroatoms. The van der Waals surface area contributed by atoms with Gasteiger partial charge < -0.3 is 0 Å². The molecule has 2 amide bonds. The Balaban J connectivity index is 1.84. The van der Waals surface area contributed by atoms with Gasteiger partial charge in [0.2, 0.25) is 5.91 Å². The van der Waals surface area contributed by atoms with Crippen LogP contribution >= 0.6 is 23.2 Å². The standard InChI is InChI=1S/C20H15Cl2N3O3/c1-10-14(22)7-4-8-15(10)24-19(27)16-17(11(2)26)23-25(18(16)20(24)28)13-6-3-5-12(21)9-13/h3-9,16,18H,1-2H3/t16-,18+/m0/s1. The lowest BCUT2D eigenvalue weighted by atomic mass is 9.95. The van der Waals surface area contributed by atoms with E-state index in [0.717, 1.165) is 4.90 Å². The van der Waals surface area contributed by atoms with E-state index in [4.69, 9.17) is 23.2 Å². The van der Waals surface area contributed by atoms with Gasteiger partial charge in [-0.3, -0.25) is 19.4 Å². The number of rotatable bonds is 3. The van der Waals surface area contributed by atoms with Crippen LogP contribution in [0.2, 0.25) is 10.0 Å². The first-order valence-electron chi connectivity index (χ1n) is 8.58. The van der Waals surface area contributed by atoms with E-state index in [1.54, 1.807) is 49.4 Å². The maximum absolute atomic E-state index is 13.3. The van der Waals surface area contributed by atoms with Crippen molar-refractivity contribution in [1.29, 1.82) is 0 Å². The quantitative estimate of drug-likeness (QED) is 0.717. The number of halogens is 2. The second-order valence-corrected chi connectivity index (χ2v) is 7.53. The Morgan fingerprint density at radius 2 is 1.79 bits per heavy atom. The highest BCUT2D eigenvalue weighted by atomic mass is 35.5. The van der Waals surface area contributed by atoms with E-state index >= 15 is 0 Å². The van der Waals surface area contributed by atoms with Crippen molar-refractivity contribution in [3.8, 4) is 0 Å². The van der Waals surface area contributed by atoms with Crippen molar-refractivity contribution >= 4 is 57.9 Å². The van der Waals surface area contributed by atoms with Crippen molar-refractivity contribution in [3.63, 3.8) is 0 Å². The van der Waals surface area contributed by atoms with Gasteiger partial charge in [0.1, 0.15) is 17.7 Å². The molecule has 2 aliphatic rings. The van der Waals surface area contributed by atoms with Crippen molar-refractivity contribution in [2.75, 3.05) is 9.91 Å². The van der Waals surface area contributed by atoms with Crippen LogP contribution in [-0.4, -0.2) is 29.4 Å². The molecule has 28 heavy (non-hydrogen) atoms. The van der Waals surface area contributed by atoms with Crippen LogP contribution in [0.4, 0.5) is 11.4 Å². The van der Waals surface area contributed by atoms with Crippen LogP contribution in [0.1, 0.15) is 12.5 Å². The van der Waals surface area contributed by atoms with Crippen LogP contribution in [-0.2, 0) is 14.4 Å². The first-order chi connectivity index (χ1) is 13.3. The van der Waals surface area contributed by atoms with Crippen molar-refractivity contribution in [2.45, 2.75) is 19.9 Å². The Morgan fingerprint density at radius 3 is 2.46 bits per heavy atom. The molecule has 2 aliphatic heterocycles. The zero-order valence-corrected chi connectivity index (χ0v) is 16.5. The minimum absolute atomic E-state index is 0.0607. The molecule has 0 N–H and O–H groups in total. The molecule has 1 fully saturated rings. The monoisotopic (exact) mass is 415 g/mol. The van der Waals surface area contributed by atoms with Crippen LogP contribution in [0.5, 0.6) is 0 Å². The predicted molar refractivity (Wildman–Crippen MR) is 108 cm³/mol. The number of nitrogens with zero attached hydrogens (tertiary/aromatic N) is 3. The summed E-state index contributed by atoms with van der Waals surface area (Å²) in [5.74, 6) is -2.27. The predicted octanol–water partition coefficient (Wildman–Crippen LogP) is 3.63. The van der Waals surface area contributed by atoms with Gasteiger partial charge in [0.15, 0.2) is 5.78 Å². The molecular formula is C20H15Cl2N3O3. The molecule has 0 bridgehead atoms. The summed E-state index contributed by atoms with van der Waals surface area (Å²) in [6.07, 6.45) is 0. The van der Waals surface area contributed by atoms with E-state index in [1.807, 2.05) is 0 Å². The van der Waals surface area contributed by atoms with Gasteiger partial charge in [-0.25, -0.2) is 4.90 Å². The fourth-order valence-corrected chi connectivity index (χ4v) is 3.97. The lowest BCUT2D eigenvalue weighted by Crippen LogP contribution is -2.39. The Labute approximate surface area is 171 Å². The zero-order chi connectivity index (χ0) is 20.2. The number of hydrogen-bond acceptors (Lipinski definition) is 5. The highest BCUT2D eigenvalue weighted by Gasteiger charge is 2.58. The van der Waals surface area contributed by atoms with Gasteiger partial charge in [0, 0.05) is 17.0 Å². The summed E-state index contributed by atoms with van der Waals surface area (Å²) < 4.78 is 0. The van der Waals surface area contributed by atoms with E-state index in [1.165, 1.54) is 11.9 Å². The molecule has 4 rings (SSSR count). The second-order valence-electron chi connectivity index (χ2n) is 6.68. The van der Waals surface area contributed by atoms with Crippen molar-refractivity contribution < 1.29 is 14.4 Å². The van der Waals surface area contributed by atoms with Gasteiger partial charge in [-0.05, 0) is 42.8 Å². The Bertz CT molecular complexity index is 1070. The summed E-state index contributed by atoms with van der Waals surface area (Å²) >= 11 is 12.3. The van der Waals surface area contributed by atoms with Gasteiger partial charge in [0.25, 0.3) is 5.91 Å². The van der Waals surface area contributed by atoms with Gasteiger partial charge in [0.05, 0.1) is 11.4 Å². The van der Waals surface area contributed by atoms with E-state index < -0.39 is 23.8 Å². The average Bonchev–Trinajstić information content (AvgIpc) is 3.16. The number of Topliss-reactive ketones (excluding diaryl/α,β-unsaturated/α-hetero) is 1. The Kier molecular flexibility index (Phi) is 4.48. The summed E-state index contributed by atoms with van der Waals surface area (Å²) in [5, 5.41) is 6.61. The number of anilines is 2. The average molecular weight is 416 g/mol. The fourth-order valence-electron chi connectivity index (χ4n) is 3.61. The first kappa shape index (κ1) is 18.7. The fraction of sp³-hybridized carbons (Fsp3) is 0.200. The molecule has 0 unspecified atom stereocenters. The number of imide groups is 1. The molecular weight excluding hydrogens is 401 g/mol. The zero-order valence-electron chi connectivity index (χ0n) is 15.0. The van der Waals surface area contributed by atoms with Crippen LogP contribution in [0.15, 0.2) is 47.6 Å². The third-order valence-corrected chi connectivity index (χ3v) is 5.61. The molecule has 2 heterocycles. The number of carbonyl (C=O) groups excluding carboxylic acids is 3. The van der Waals surface area contributed by atoms with Gasteiger partial charge in [-0.2, -0.15) is 5.10 Å². The summed E-state index contributed by atoms with van der Waals surface area (Å²) in [5.41, 5.74) is 1.61. The van der Waals surface area contributed by atoms with E-state index in [0.29, 0.717) is 27.0 Å². The van der Waals surface area contributed by atoms with Crippen LogP contribution < -0.4 is 9.91 Å². The number of fused-ring (bicyclic) bond motifs is 1. The molecule has 0 aromatic heterocycles.